The maximum atomic E-state index is 12.3. The third-order valence-corrected chi connectivity index (χ3v) is 8.52. The molecule has 1 amide bonds. The van der Waals surface area contributed by atoms with Crippen LogP contribution in [0.1, 0.15) is 50.8 Å². The van der Waals surface area contributed by atoms with Crippen LogP contribution >= 0.6 is 11.9 Å². The molecular formula is C32H44N4OS. The highest BCUT2D eigenvalue weighted by atomic mass is 32.2. The first-order chi connectivity index (χ1) is 18.0. The van der Waals surface area contributed by atoms with Gasteiger partial charge in [0.15, 0.2) is 0 Å². The van der Waals surface area contributed by atoms with Crippen molar-refractivity contribution < 1.29 is 4.79 Å². The standard InChI is InChI=1S/C32H44N4OS/c1-9-11-25(12-10-2)26-13-14-36(20-26)34-19-24(6)29-23(5)18-28(32(7,8)31(33)37)38-35-30(29)27-16-21(3)15-22(4)17-27/h9-12,15-18,24,26,34-35H,1,5,13-14,19-20H2,2-4,6-8H3,(H2,33,37)/b12-10-,25-11+/t24-,26?/m1/s1. The molecule has 0 bridgehead atoms. The second kappa shape index (κ2) is 12.8. The molecular weight excluding hydrogens is 488 g/mol. The number of allylic oxidation sites excluding steroid dienone is 6. The predicted octanol–water partition coefficient (Wildman–Crippen LogP) is 6.37. The molecule has 1 aromatic carbocycles. The molecule has 0 saturated carbocycles. The van der Waals surface area contributed by atoms with E-state index in [4.69, 9.17) is 5.73 Å². The summed E-state index contributed by atoms with van der Waals surface area (Å²) in [4.78, 5) is 13.1. The SMILES string of the molecule is C=C/C=C(\C=C/C)C1CCN(NC[C@@H](C)C2=C(c3cc(C)cc(C)c3)NSC(C(C)(C)C(N)=O)=CC2=C)C1. The minimum Gasteiger partial charge on any atom is -0.369 e. The zero-order valence-corrected chi connectivity index (χ0v) is 24.7. The van der Waals surface area contributed by atoms with Crippen molar-refractivity contribution in [1.82, 2.24) is 15.2 Å². The summed E-state index contributed by atoms with van der Waals surface area (Å²) < 4.78 is 3.60. The molecule has 6 heteroatoms. The molecule has 38 heavy (non-hydrogen) atoms. The van der Waals surface area contributed by atoms with Gasteiger partial charge in [0, 0.05) is 24.5 Å². The van der Waals surface area contributed by atoms with Crippen LogP contribution in [-0.2, 0) is 4.79 Å². The number of hydrogen-bond donors (Lipinski definition) is 3. The molecule has 0 aromatic heterocycles. The summed E-state index contributed by atoms with van der Waals surface area (Å²) in [6.45, 7) is 23.3. The molecule has 204 valence electrons. The van der Waals surface area contributed by atoms with Crippen molar-refractivity contribution in [3.05, 3.63) is 100 Å². The zero-order valence-electron chi connectivity index (χ0n) is 23.9. The van der Waals surface area contributed by atoms with Crippen molar-refractivity contribution in [1.29, 1.82) is 0 Å². The number of hydrazine groups is 1. The number of nitrogens with two attached hydrogens (primary N) is 1. The maximum Gasteiger partial charge on any atom is 0.228 e. The number of primary amides is 1. The number of nitrogens with one attached hydrogen (secondary N) is 2. The second-order valence-corrected chi connectivity index (χ2v) is 11.8. The summed E-state index contributed by atoms with van der Waals surface area (Å²) in [5.41, 5.74) is 16.6. The molecule has 4 N–H and O–H groups in total. The second-order valence-electron chi connectivity index (χ2n) is 11.0. The molecule has 1 unspecified atom stereocenters. The lowest BCUT2D eigenvalue weighted by atomic mass is 9.86. The van der Waals surface area contributed by atoms with Gasteiger partial charge >= 0.3 is 0 Å². The zero-order chi connectivity index (χ0) is 28.0. The van der Waals surface area contributed by atoms with E-state index in [9.17, 15) is 4.79 Å². The van der Waals surface area contributed by atoms with E-state index in [1.54, 1.807) is 0 Å². The summed E-state index contributed by atoms with van der Waals surface area (Å²) in [5, 5.41) is 2.33. The van der Waals surface area contributed by atoms with Crippen LogP contribution in [0.25, 0.3) is 5.70 Å². The van der Waals surface area contributed by atoms with Gasteiger partial charge in [0.25, 0.3) is 0 Å². The summed E-state index contributed by atoms with van der Waals surface area (Å²) in [5.74, 6) is 0.296. The predicted molar refractivity (Wildman–Crippen MR) is 164 cm³/mol. The van der Waals surface area contributed by atoms with Gasteiger partial charge in [-0.3, -0.25) is 10.2 Å². The number of rotatable bonds is 10. The van der Waals surface area contributed by atoms with E-state index in [1.165, 1.54) is 28.6 Å². The van der Waals surface area contributed by atoms with Crippen molar-refractivity contribution >= 4 is 23.6 Å². The Hall–Kier alpha value is -2.80. The molecule has 1 saturated heterocycles. The van der Waals surface area contributed by atoms with E-state index in [0.29, 0.717) is 5.92 Å². The molecule has 2 heterocycles. The van der Waals surface area contributed by atoms with Crippen LogP contribution in [0, 0.1) is 31.1 Å². The van der Waals surface area contributed by atoms with Crippen molar-refractivity contribution in [2.45, 2.75) is 48.0 Å². The van der Waals surface area contributed by atoms with Gasteiger partial charge in [0.1, 0.15) is 0 Å². The molecule has 0 spiro atoms. The highest BCUT2D eigenvalue weighted by Gasteiger charge is 2.34. The Kier molecular flexibility index (Phi) is 10.0. The molecule has 2 atom stereocenters. The van der Waals surface area contributed by atoms with Crippen molar-refractivity contribution in [2.24, 2.45) is 23.0 Å². The van der Waals surface area contributed by atoms with Crippen LogP contribution in [0.2, 0.25) is 0 Å². The lowest BCUT2D eigenvalue weighted by molar-refractivity contribution is -0.123. The molecule has 3 rings (SSSR count). The van der Waals surface area contributed by atoms with Gasteiger partial charge in [-0.2, -0.15) is 0 Å². The lowest BCUT2D eigenvalue weighted by Crippen LogP contribution is -2.39. The van der Waals surface area contributed by atoms with Crippen LogP contribution in [0.15, 0.2) is 83.4 Å². The Morgan fingerprint density at radius 1 is 1.32 bits per heavy atom. The van der Waals surface area contributed by atoms with Crippen LogP contribution in [0.3, 0.4) is 0 Å². The Morgan fingerprint density at radius 3 is 2.61 bits per heavy atom. The molecule has 2 aliphatic rings. The lowest BCUT2D eigenvalue weighted by Gasteiger charge is -2.25. The number of hydrogen-bond acceptors (Lipinski definition) is 5. The summed E-state index contributed by atoms with van der Waals surface area (Å²) in [6.07, 6.45) is 11.4. The maximum absolute atomic E-state index is 12.3. The largest absolute Gasteiger partial charge is 0.369 e. The average Bonchev–Trinajstić information content (AvgIpc) is 3.24. The number of benzene rings is 1. The van der Waals surface area contributed by atoms with Gasteiger partial charge in [0.2, 0.25) is 5.91 Å². The monoisotopic (exact) mass is 532 g/mol. The van der Waals surface area contributed by atoms with E-state index in [-0.39, 0.29) is 11.8 Å². The molecule has 1 fully saturated rings. The fourth-order valence-corrected chi connectivity index (χ4v) is 6.11. The molecule has 1 aromatic rings. The first kappa shape index (κ1) is 29.8. The Morgan fingerprint density at radius 2 is 2.00 bits per heavy atom. The fraction of sp³-hybridized carbons (Fsp3) is 0.406. The van der Waals surface area contributed by atoms with Gasteiger partial charge in [-0.25, -0.2) is 5.01 Å². The molecule has 2 aliphatic heterocycles. The van der Waals surface area contributed by atoms with E-state index < -0.39 is 5.41 Å². The molecule has 0 radical (unpaired) electrons. The van der Waals surface area contributed by atoms with Gasteiger partial charge < -0.3 is 10.5 Å². The van der Waals surface area contributed by atoms with E-state index >= 15 is 0 Å². The third-order valence-electron chi connectivity index (χ3n) is 7.37. The normalized spacial score (nSPS) is 20.4. The average molecular weight is 533 g/mol. The number of aryl methyl sites for hydroxylation is 2. The van der Waals surface area contributed by atoms with Crippen molar-refractivity contribution in [3.63, 3.8) is 0 Å². The minimum atomic E-state index is -0.806. The smallest absolute Gasteiger partial charge is 0.228 e. The van der Waals surface area contributed by atoms with Crippen LogP contribution in [0.4, 0.5) is 0 Å². The molecule has 5 nitrogen and oxygen atoms in total. The van der Waals surface area contributed by atoms with Crippen LogP contribution < -0.4 is 15.9 Å². The Bertz CT molecular complexity index is 1180. The van der Waals surface area contributed by atoms with E-state index in [0.717, 1.165) is 53.4 Å². The topological polar surface area (TPSA) is 70.4 Å². The highest BCUT2D eigenvalue weighted by molar-refractivity contribution is 8.01. The Balaban J connectivity index is 1.88. The van der Waals surface area contributed by atoms with Gasteiger partial charge in [0.05, 0.1) is 11.1 Å². The van der Waals surface area contributed by atoms with Crippen LogP contribution in [0.5, 0.6) is 0 Å². The van der Waals surface area contributed by atoms with Gasteiger partial charge in [-0.15, -0.1) is 0 Å². The summed E-state index contributed by atoms with van der Waals surface area (Å²) in [6, 6.07) is 6.58. The van der Waals surface area contributed by atoms with Gasteiger partial charge in [-0.05, 0) is 105 Å². The number of amides is 1. The van der Waals surface area contributed by atoms with Gasteiger partial charge in [-0.1, -0.05) is 61.6 Å². The number of nitrogens with zero attached hydrogens (tertiary/aromatic N) is 1. The van der Waals surface area contributed by atoms with Crippen molar-refractivity contribution in [2.75, 3.05) is 19.6 Å². The van der Waals surface area contributed by atoms with E-state index in [1.807, 2.05) is 26.0 Å². The number of carbonyl (C=O) groups is 1. The Labute approximate surface area is 233 Å². The first-order valence-electron chi connectivity index (χ1n) is 13.4. The highest BCUT2D eigenvalue weighted by Crippen LogP contribution is 2.41. The van der Waals surface area contributed by atoms with E-state index in [2.05, 4.69) is 92.4 Å². The molecule has 0 aliphatic carbocycles. The summed E-state index contributed by atoms with van der Waals surface area (Å²) in [7, 11) is 0. The fourth-order valence-electron chi connectivity index (χ4n) is 5.11. The quantitative estimate of drug-likeness (QED) is 0.241. The minimum absolute atomic E-state index is 0.163. The van der Waals surface area contributed by atoms with Crippen LogP contribution in [-0.4, -0.2) is 30.6 Å². The first-order valence-corrected chi connectivity index (χ1v) is 14.2. The van der Waals surface area contributed by atoms with Crippen molar-refractivity contribution in [3.8, 4) is 0 Å². The summed E-state index contributed by atoms with van der Waals surface area (Å²) >= 11 is 1.45. The number of carbonyl (C=O) groups excluding carboxylic acids is 1. The third kappa shape index (κ3) is 6.99.